The van der Waals surface area contributed by atoms with E-state index in [0.29, 0.717) is 5.92 Å². The first-order valence-electron chi connectivity index (χ1n) is 7.15. The highest BCUT2D eigenvalue weighted by Crippen LogP contribution is 2.42. The molecule has 6 heteroatoms. The lowest BCUT2D eigenvalue weighted by molar-refractivity contribution is 0.0811. The van der Waals surface area contributed by atoms with E-state index in [1.54, 1.807) is 6.07 Å². The molecule has 2 fully saturated rings. The van der Waals surface area contributed by atoms with Crippen molar-refractivity contribution in [3.63, 3.8) is 0 Å². The first kappa shape index (κ1) is 19.4. The molecule has 1 N–H and O–H groups in total. The van der Waals surface area contributed by atoms with Gasteiger partial charge in [0.2, 0.25) is 0 Å². The van der Waals surface area contributed by atoms with Gasteiger partial charge in [-0.25, -0.2) is 4.39 Å². The largest absolute Gasteiger partial charge is 0.314 e. The fourth-order valence-corrected chi connectivity index (χ4v) is 3.72. The predicted molar refractivity (Wildman–Crippen MR) is 98.1 cm³/mol. The van der Waals surface area contributed by atoms with Gasteiger partial charge < -0.3 is 5.32 Å². The Hall–Kier alpha value is 0.380. The van der Waals surface area contributed by atoms with E-state index in [1.807, 2.05) is 12.1 Å². The second-order valence-corrected chi connectivity index (χ2v) is 6.83. The summed E-state index contributed by atoms with van der Waals surface area (Å²) in [5, 5.41) is 3.39. The van der Waals surface area contributed by atoms with E-state index in [9.17, 15) is 4.39 Å². The zero-order chi connectivity index (χ0) is 13.2. The lowest BCUT2D eigenvalue weighted by atomic mass is 9.76. The van der Waals surface area contributed by atoms with Gasteiger partial charge in [0, 0.05) is 41.4 Å². The van der Waals surface area contributed by atoms with Gasteiger partial charge in [-0.2, -0.15) is 0 Å². The molecule has 21 heavy (non-hydrogen) atoms. The Kier molecular flexibility index (Phi) is 8.20. The summed E-state index contributed by atoms with van der Waals surface area (Å²) in [6.45, 7) is 4.11. The van der Waals surface area contributed by atoms with Crippen LogP contribution in [-0.4, -0.2) is 31.1 Å². The van der Waals surface area contributed by atoms with Crippen LogP contribution in [0.3, 0.4) is 0 Å². The Balaban J connectivity index is 0.00000110. The molecule has 120 valence electrons. The summed E-state index contributed by atoms with van der Waals surface area (Å²) in [6, 6.07) is 5.81. The number of nitrogens with zero attached hydrogens (tertiary/aromatic N) is 1. The second kappa shape index (κ2) is 8.87. The molecule has 0 unspecified atom stereocenters. The summed E-state index contributed by atoms with van der Waals surface area (Å²) in [5.41, 5.74) is 0.915. The van der Waals surface area contributed by atoms with Gasteiger partial charge in [-0.1, -0.05) is 6.42 Å². The smallest absolute Gasteiger partial charge is 0.128 e. The van der Waals surface area contributed by atoms with Crippen LogP contribution >= 0.6 is 47.4 Å². The van der Waals surface area contributed by atoms with Crippen molar-refractivity contribution in [3.05, 3.63) is 33.1 Å². The first-order valence-corrected chi connectivity index (χ1v) is 8.23. The minimum atomic E-state index is -0.0316. The monoisotopic (exact) mass is 446 g/mol. The maximum absolute atomic E-state index is 14.2. The summed E-state index contributed by atoms with van der Waals surface area (Å²) in [4.78, 5) is 2.48. The van der Waals surface area contributed by atoms with E-state index in [-0.39, 0.29) is 36.7 Å². The molecular weight excluding hydrogens is 425 g/mol. The van der Waals surface area contributed by atoms with Gasteiger partial charge in [-0.15, -0.1) is 24.8 Å². The average Bonchev–Trinajstić information content (AvgIpc) is 2.38. The third kappa shape index (κ3) is 4.44. The Morgan fingerprint density at radius 3 is 2.43 bits per heavy atom. The molecule has 1 atom stereocenters. The molecular formula is C15H22Cl2FIN2. The van der Waals surface area contributed by atoms with Crippen LogP contribution in [0, 0.1) is 15.3 Å². The zero-order valence-corrected chi connectivity index (χ0v) is 15.6. The van der Waals surface area contributed by atoms with Gasteiger partial charge in [0.1, 0.15) is 5.82 Å². The lowest BCUT2D eigenvalue weighted by Crippen LogP contribution is -2.48. The van der Waals surface area contributed by atoms with Crippen LogP contribution in [0.25, 0.3) is 0 Å². The Bertz CT molecular complexity index is 451. The van der Waals surface area contributed by atoms with E-state index in [0.717, 1.165) is 35.3 Å². The van der Waals surface area contributed by atoms with Crippen molar-refractivity contribution in [2.24, 2.45) is 5.92 Å². The van der Waals surface area contributed by atoms with Crippen LogP contribution in [-0.2, 0) is 0 Å². The normalized spacial score (nSPS) is 20.9. The summed E-state index contributed by atoms with van der Waals surface area (Å²) in [6.07, 6.45) is 3.80. The van der Waals surface area contributed by atoms with Gasteiger partial charge in [0.05, 0.1) is 0 Å². The van der Waals surface area contributed by atoms with Crippen molar-refractivity contribution < 1.29 is 4.39 Å². The average molecular weight is 447 g/mol. The zero-order valence-electron chi connectivity index (χ0n) is 11.9. The molecule has 1 saturated heterocycles. The standard InChI is InChI=1S/C15H20FIN2.2ClH/c16-14-5-4-12(17)10-13(14)15(11-2-1-3-11)19-8-6-18-7-9-19;;/h4-5,10-11,15,18H,1-3,6-9H2;2*1H/t15-;;/m1../s1. The fraction of sp³-hybridized carbons (Fsp3) is 0.600. The van der Waals surface area contributed by atoms with Gasteiger partial charge in [-0.05, 0) is 59.5 Å². The Morgan fingerprint density at radius 1 is 1.19 bits per heavy atom. The van der Waals surface area contributed by atoms with Gasteiger partial charge in [-0.3, -0.25) is 4.90 Å². The molecule has 0 spiro atoms. The third-order valence-electron chi connectivity index (χ3n) is 4.42. The van der Waals surface area contributed by atoms with Gasteiger partial charge >= 0.3 is 0 Å². The molecule has 1 aromatic carbocycles. The molecule has 1 saturated carbocycles. The third-order valence-corrected chi connectivity index (χ3v) is 5.09. The topological polar surface area (TPSA) is 15.3 Å². The first-order chi connectivity index (χ1) is 9.25. The van der Waals surface area contributed by atoms with Crippen molar-refractivity contribution in [2.45, 2.75) is 25.3 Å². The van der Waals surface area contributed by atoms with Crippen molar-refractivity contribution >= 4 is 47.4 Å². The molecule has 2 nitrogen and oxygen atoms in total. The van der Waals surface area contributed by atoms with Crippen LogP contribution in [0.5, 0.6) is 0 Å². The number of piperazine rings is 1. The number of nitrogens with one attached hydrogen (secondary N) is 1. The van der Waals surface area contributed by atoms with E-state index in [2.05, 4.69) is 32.8 Å². The number of benzene rings is 1. The van der Waals surface area contributed by atoms with E-state index < -0.39 is 0 Å². The summed E-state index contributed by atoms with van der Waals surface area (Å²) in [5.74, 6) is 0.613. The van der Waals surface area contributed by atoms with Crippen molar-refractivity contribution in [3.8, 4) is 0 Å². The van der Waals surface area contributed by atoms with E-state index in [1.165, 1.54) is 19.3 Å². The van der Waals surface area contributed by atoms with Crippen LogP contribution in [0.1, 0.15) is 30.9 Å². The molecule has 0 bridgehead atoms. The van der Waals surface area contributed by atoms with E-state index in [4.69, 9.17) is 0 Å². The molecule has 1 aliphatic heterocycles. The highest BCUT2D eigenvalue weighted by atomic mass is 127. The fourth-order valence-electron chi connectivity index (χ4n) is 3.21. The molecule has 3 rings (SSSR count). The highest BCUT2D eigenvalue weighted by Gasteiger charge is 2.35. The molecule has 2 aliphatic rings. The van der Waals surface area contributed by atoms with Crippen LogP contribution in [0.4, 0.5) is 4.39 Å². The number of rotatable bonds is 3. The quantitative estimate of drug-likeness (QED) is 0.705. The predicted octanol–water partition coefficient (Wildman–Crippen LogP) is 4.02. The highest BCUT2D eigenvalue weighted by molar-refractivity contribution is 14.1. The molecule has 1 heterocycles. The maximum atomic E-state index is 14.2. The summed E-state index contributed by atoms with van der Waals surface area (Å²) in [7, 11) is 0. The van der Waals surface area contributed by atoms with Crippen LogP contribution < -0.4 is 5.32 Å². The number of hydrogen-bond donors (Lipinski definition) is 1. The summed E-state index contributed by atoms with van der Waals surface area (Å²) >= 11 is 2.28. The molecule has 1 aliphatic carbocycles. The minimum absolute atomic E-state index is 0. The SMILES string of the molecule is Cl.Cl.Fc1ccc(I)cc1[C@@H](C1CCC1)N1CCNCC1. The number of halogens is 4. The van der Waals surface area contributed by atoms with Gasteiger partial charge in [0.15, 0.2) is 0 Å². The Labute approximate surface area is 152 Å². The van der Waals surface area contributed by atoms with Crippen LogP contribution in [0.2, 0.25) is 0 Å². The second-order valence-electron chi connectivity index (χ2n) is 5.59. The van der Waals surface area contributed by atoms with Crippen molar-refractivity contribution in [1.82, 2.24) is 10.2 Å². The van der Waals surface area contributed by atoms with E-state index >= 15 is 0 Å². The number of hydrogen-bond acceptors (Lipinski definition) is 2. The molecule has 0 aromatic heterocycles. The molecule has 1 aromatic rings. The van der Waals surface area contributed by atoms with Crippen LogP contribution in [0.15, 0.2) is 18.2 Å². The summed E-state index contributed by atoms with van der Waals surface area (Å²) < 4.78 is 15.4. The molecule has 0 radical (unpaired) electrons. The van der Waals surface area contributed by atoms with Gasteiger partial charge in [0.25, 0.3) is 0 Å². The minimum Gasteiger partial charge on any atom is -0.314 e. The van der Waals surface area contributed by atoms with Crippen molar-refractivity contribution in [2.75, 3.05) is 26.2 Å². The Morgan fingerprint density at radius 2 is 1.86 bits per heavy atom. The lowest BCUT2D eigenvalue weighted by Gasteiger charge is -2.43. The maximum Gasteiger partial charge on any atom is 0.128 e. The molecule has 0 amide bonds. The van der Waals surface area contributed by atoms with Crippen molar-refractivity contribution in [1.29, 1.82) is 0 Å².